The average molecular weight is 427 g/mol. The van der Waals surface area contributed by atoms with Gasteiger partial charge in [-0.2, -0.15) is 0 Å². The minimum absolute atomic E-state index is 0.0858. The molecule has 1 N–H and O–H groups in total. The lowest BCUT2D eigenvalue weighted by atomic mass is 10.1. The van der Waals surface area contributed by atoms with E-state index in [1.54, 1.807) is 22.1 Å². The zero-order chi connectivity index (χ0) is 22.0. The number of aromatic nitrogens is 2. The van der Waals surface area contributed by atoms with E-state index in [0.717, 1.165) is 30.9 Å². The summed E-state index contributed by atoms with van der Waals surface area (Å²) < 4.78 is 5.25. The van der Waals surface area contributed by atoms with Gasteiger partial charge in [0.1, 0.15) is 5.76 Å². The fourth-order valence-corrected chi connectivity index (χ4v) is 4.16. The molecule has 0 aromatic carbocycles. The topological polar surface area (TPSA) is 94.8 Å². The third-order valence-corrected chi connectivity index (χ3v) is 6.16. The van der Waals surface area contributed by atoms with Crippen molar-refractivity contribution in [2.45, 2.75) is 39.7 Å². The first-order valence-electron chi connectivity index (χ1n) is 10.9. The number of likely N-dealkylation sites (tertiary alicyclic amines) is 1. The van der Waals surface area contributed by atoms with Gasteiger partial charge in [0.05, 0.1) is 30.0 Å². The number of nitrogens with one attached hydrogen (secondary N) is 1. The summed E-state index contributed by atoms with van der Waals surface area (Å²) in [6.07, 6.45) is 5.33. The number of nitrogens with zero attached hydrogens (tertiary/aromatic N) is 5. The zero-order valence-corrected chi connectivity index (χ0v) is 18.5. The van der Waals surface area contributed by atoms with Crippen molar-refractivity contribution in [2.75, 3.05) is 50.0 Å². The summed E-state index contributed by atoms with van der Waals surface area (Å²) in [4.78, 5) is 35.9. The maximum Gasteiger partial charge on any atom is 0.255 e. The van der Waals surface area contributed by atoms with Crippen molar-refractivity contribution < 1.29 is 14.1 Å². The molecule has 4 heterocycles. The molecule has 0 saturated carbocycles. The van der Waals surface area contributed by atoms with Gasteiger partial charge in [-0.15, -0.1) is 0 Å². The van der Waals surface area contributed by atoms with E-state index in [0.29, 0.717) is 35.9 Å². The van der Waals surface area contributed by atoms with Gasteiger partial charge in [0.25, 0.3) is 5.91 Å². The van der Waals surface area contributed by atoms with E-state index >= 15 is 0 Å². The first kappa shape index (κ1) is 21.3. The lowest BCUT2D eigenvalue weighted by molar-refractivity contribution is -0.117. The predicted molar refractivity (Wildman–Crippen MR) is 117 cm³/mol. The SMILES string of the molecule is Cc1noc(C)c1CN1C(=O)CNc2ncc(C(=O)N(C)CCN3CCCCC3)cc21. The number of fused-ring (bicyclic) bond motifs is 1. The lowest BCUT2D eigenvalue weighted by Gasteiger charge is -2.30. The van der Waals surface area contributed by atoms with Gasteiger partial charge in [-0.3, -0.25) is 9.59 Å². The number of anilines is 2. The molecule has 2 aromatic rings. The van der Waals surface area contributed by atoms with E-state index < -0.39 is 0 Å². The van der Waals surface area contributed by atoms with Crippen LogP contribution in [0.2, 0.25) is 0 Å². The number of hydrogen-bond donors (Lipinski definition) is 1. The van der Waals surface area contributed by atoms with E-state index in [9.17, 15) is 9.59 Å². The van der Waals surface area contributed by atoms with Gasteiger partial charge in [-0.05, 0) is 45.8 Å². The first-order chi connectivity index (χ1) is 14.9. The van der Waals surface area contributed by atoms with E-state index in [-0.39, 0.29) is 18.4 Å². The zero-order valence-electron chi connectivity index (χ0n) is 18.5. The van der Waals surface area contributed by atoms with Gasteiger partial charge in [0, 0.05) is 31.9 Å². The van der Waals surface area contributed by atoms with Crippen LogP contribution in [0.25, 0.3) is 0 Å². The average Bonchev–Trinajstić information content (AvgIpc) is 3.11. The van der Waals surface area contributed by atoms with Crippen molar-refractivity contribution in [3.8, 4) is 0 Å². The van der Waals surface area contributed by atoms with Crippen LogP contribution < -0.4 is 10.2 Å². The molecule has 2 amide bonds. The van der Waals surface area contributed by atoms with Gasteiger partial charge in [-0.25, -0.2) is 4.98 Å². The lowest BCUT2D eigenvalue weighted by Crippen LogP contribution is -2.41. The second-order valence-electron chi connectivity index (χ2n) is 8.36. The van der Waals surface area contributed by atoms with Gasteiger partial charge in [0.15, 0.2) is 5.82 Å². The molecule has 31 heavy (non-hydrogen) atoms. The monoisotopic (exact) mass is 426 g/mol. The van der Waals surface area contributed by atoms with Crippen LogP contribution in [0, 0.1) is 13.8 Å². The van der Waals surface area contributed by atoms with Crippen molar-refractivity contribution in [3.05, 3.63) is 34.8 Å². The molecular weight excluding hydrogens is 396 g/mol. The van der Waals surface area contributed by atoms with Crippen molar-refractivity contribution in [2.24, 2.45) is 0 Å². The van der Waals surface area contributed by atoms with Crippen molar-refractivity contribution >= 4 is 23.3 Å². The third kappa shape index (κ3) is 4.56. The second-order valence-corrected chi connectivity index (χ2v) is 8.36. The summed E-state index contributed by atoms with van der Waals surface area (Å²) in [5.74, 6) is 1.10. The van der Waals surface area contributed by atoms with E-state index in [1.807, 2.05) is 20.9 Å². The van der Waals surface area contributed by atoms with Gasteiger partial charge in [0.2, 0.25) is 5.91 Å². The molecule has 1 saturated heterocycles. The standard InChI is InChI=1S/C22H30N6O3/c1-15-18(16(2)31-25-15)14-28-19-11-17(12-23-21(19)24-13-20(28)29)22(30)26(3)9-10-27-7-5-4-6-8-27/h11-12H,4-10,13-14H2,1-3H3,(H,23,24). The second kappa shape index (κ2) is 9.05. The first-order valence-corrected chi connectivity index (χ1v) is 10.9. The molecule has 0 aliphatic carbocycles. The van der Waals surface area contributed by atoms with Crippen molar-refractivity contribution in [1.29, 1.82) is 0 Å². The molecule has 1 fully saturated rings. The Morgan fingerprint density at radius 2 is 2.03 bits per heavy atom. The smallest absolute Gasteiger partial charge is 0.255 e. The Balaban J connectivity index is 1.51. The van der Waals surface area contributed by atoms with Crippen LogP contribution in [-0.4, -0.2) is 71.5 Å². The van der Waals surface area contributed by atoms with Crippen LogP contribution in [-0.2, 0) is 11.3 Å². The molecule has 2 aliphatic rings. The molecule has 9 nitrogen and oxygen atoms in total. The van der Waals surface area contributed by atoms with Crippen LogP contribution in [0.3, 0.4) is 0 Å². The molecule has 2 aliphatic heterocycles. The number of carbonyl (C=O) groups excluding carboxylic acids is 2. The number of pyridine rings is 1. The molecule has 9 heteroatoms. The Labute approximate surface area is 182 Å². The van der Waals surface area contributed by atoms with Gasteiger partial charge in [-0.1, -0.05) is 11.6 Å². The summed E-state index contributed by atoms with van der Waals surface area (Å²) in [5, 5.41) is 7.02. The molecule has 2 aromatic heterocycles. The summed E-state index contributed by atoms with van der Waals surface area (Å²) in [7, 11) is 1.82. The van der Waals surface area contributed by atoms with Crippen LogP contribution in [0.5, 0.6) is 0 Å². The predicted octanol–water partition coefficient (Wildman–Crippen LogP) is 2.20. The van der Waals surface area contributed by atoms with Crippen molar-refractivity contribution in [3.63, 3.8) is 0 Å². The fraction of sp³-hybridized carbons (Fsp3) is 0.545. The summed E-state index contributed by atoms with van der Waals surface area (Å²) in [6, 6.07) is 1.75. The Morgan fingerprint density at radius 3 is 2.74 bits per heavy atom. The molecule has 0 unspecified atom stereocenters. The quantitative estimate of drug-likeness (QED) is 0.757. The molecule has 0 spiro atoms. The van der Waals surface area contributed by atoms with Crippen LogP contribution in [0.1, 0.15) is 46.6 Å². The Bertz CT molecular complexity index is 947. The number of rotatable bonds is 6. The number of piperidine rings is 1. The Morgan fingerprint density at radius 1 is 1.26 bits per heavy atom. The maximum absolute atomic E-state index is 13.0. The Hall–Kier alpha value is -2.94. The normalized spacial score (nSPS) is 16.7. The van der Waals surface area contributed by atoms with E-state index in [1.165, 1.54) is 19.3 Å². The Kier molecular flexibility index (Phi) is 6.22. The highest BCUT2D eigenvalue weighted by Gasteiger charge is 2.28. The number of aryl methyl sites for hydroxylation is 2. The summed E-state index contributed by atoms with van der Waals surface area (Å²) in [6.45, 7) is 7.92. The number of hydrogen-bond acceptors (Lipinski definition) is 7. The van der Waals surface area contributed by atoms with Crippen molar-refractivity contribution in [1.82, 2.24) is 19.9 Å². The number of likely N-dealkylation sites (N-methyl/N-ethyl adjacent to an activating group) is 1. The highest BCUT2D eigenvalue weighted by atomic mass is 16.5. The largest absolute Gasteiger partial charge is 0.361 e. The summed E-state index contributed by atoms with van der Waals surface area (Å²) in [5.41, 5.74) is 2.70. The van der Waals surface area contributed by atoms with Crippen LogP contribution in [0.15, 0.2) is 16.8 Å². The molecular formula is C22H30N6O3. The third-order valence-electron chi connectivity index (χ3n) is 6.16. The number of carbonyl (C=O) groups is 2. The molecule has 0 bridgehead atoms. The van der Waals surface area contributed by atoms with E-state index in [4.69, 9.17) is 4.52 Å². The van der Waals surface area contributed by atoms with Crippen LogP contribution in [0.4, 0.5) is 11.5 Å². The molecule has 0 radical (unpaired) electrons. The maximum atomic E-state index is 13.0. The molecule has 166 valence electrons. The fourth-order valence-electron chi connectivity index (χ4n) is 4.16. The molecule has 4 rings (SSSR count). The van der Waals surface area contributed by atoms with E-state index in [2.05, 4.69) is 20.4 Å². The molecule has 0 atom stereocenters. The highest BCUT2D eigenvalue weighted by molar-refractivity contribution is 6.04. The van der Waals surface area contributed by atoms with Gasteiger partial charge >= 0.3 is 0 Å². The summed E-state index contributed by atoms with van der Waals surface area (Å²) >= 11 is 0. The van der Waals surface area contributed by atoms with Gasteiger partial charge < -0.3 is 24.5 Å². The minimum Gasteiger partial charge on any atom is -0.361 e. The van der Waals surface area contributed by atoms with Crippen LogP contribution >= 0.6 is 0 Å². The number of amides is 2. The highest BCUT2D eigenvalue weighted by Crippen LogP contribution is 2.31. The minimum atomic E-state index is -0.0948.